The molecule has 1 heterocycles. The van der Waals surface area contributed by atoms with Crippen molar-refractivity contribution in [1.82, 2.24) is 0 Å². The zero-order valence-corrected chi connectivity index (χ0v) is 25.1. The van der Waals surface area contributed by atoms with Crippen LogP contribution >= 0.6 is 0 Å². The Balaban J connectivity index is 1.24. The minimum atomic E-state index is 0.901. The lowest BCUT2D eigenvalue weighted by Gasteiger charge is -2.28. The van der Waals surface area contributed by atoms with Crippen LogP contribution in [0, 0.1) is 0 Å². The van der Waals surface area contributed by atoms with Gasteiger partial charge in [0.05, 0.1) is 5.69 Å². The summed E-state index contributed by atoms with van der Waals surface area (Å²) >= 11 is 0. The van der Waals surface area contributed by atoms with E-state index in [2.05, 4.69) is 181 Å². The number of nitrogens with zero attached hydrogens (tertiary/aromatic N) is 1. The Labute approximate surface area is 267 Å². The number of anilines is 3. The zero-order valence-electron chi connectivity index (χ0n) is 25.1. The van der Waals surface area contributed by atoms with E-state index >= 15 is 0 Å². The van der Waals surface area contributed by atoms with Crippen molar-refractivity contribution in [2.75, 3.05) is 4.90 Å². The number of para-hydroxylation sites is 3. The normalized spacial score (nSPS) is 11.5. The topological polar surface area (TPSA) is 16.4 Å². The van der Waals surface area contributed by atoms with Crippen molar-refractivity contribution in [2.24, 2.45) is 0 Å². The number of rotatable bonds is 5. The smallest absolute Gasteiger partial charge is 0.143 e. The molecule has 9 aromatic rings. The van der Waals surface area contributed by atoms with Crippen LogP contribution in [0.5, 0.6) is 0 Å². The van der Waals surface area contributed by atoms with Crippen LogP contribution in [0.1, 0.15) is 0 Å². The molecule has 0 saturated heterocycles. The highest BCUT2D eigenvalue weighted by Gasteiger charge is 2.20. The van der Waals surface area contributed by atoms with Gasteiger partial charge < -0.3 is 9.32 Å². The van der Waals surface area contributed by atoms with E-state index < -0.39 is 0 Å². The third-order valence-corrected chi connectivity index (χ3v) is 9.00. The van der Waals surface area contributed by atoms with E-state index in [-0.39, 0.29) is 0 Å². The molecule has 0 aliphatic carbocycles. The van der Waals surface area contributed by atoms with Gasteiger partial charge in [0.2, 0.25) is 0 Å². The number of benzene rings is 8. The molecule has 0 unspecified atom stereocenters. The van der Waals surface area contributed by atoms with E-state index in [1.54, 1.807) is 0 Å². The van der Waals surface area contributed by atoms with Gasteiger partial charge in [0.25, 0.3) is 0 Å². The van der Waals surface area contributed by atoms with Crippen molar-refractivity contribution < 1.29 is 4.42 Å². The zero-order chi connectivity index (χ0) is 30.5. The lowest BCUT2D eigenvalue weighted by atomic mass is 9.98. The van der Waals surface area contributed by atoms with Crippen LogP contribution in [0.4, 0.5) is 17.1 Å². The second-order valence-corrected chi connectivity index (χ2v) is 11.8. The Hall–Kier alpha value is -6.12. The molecule has 1 aromatic heterocycles. The number of hydrogen-bond donors (Lipinski definition) is 0. The Morgan fingerprint density at radius 2 is 1.00 bits per heavy atom. The first-order valence-corrected chi connectivity index (χ1v) is 15.7. The fraction of sp³-hybridized carbons (Fsp3) is 0. The first-order valence-electron chi connectivity index (χ1n) is 15.7. The monoisotopic (exact) mass is 587 g/mol. The van der Waals surface area contributed by atoms with Crippen molar-refractivity contribution in [2.45, 2.75) is 0 Å². The Kier molecular flexibility index (Phi) is 6.17. The molecule has 2 heteroatoms. The lowest BCUT2D eigenvalue weighted by Crippen LogP contribution is -2.11. The molecule has 2 nitrogen and oxygen atoms in total. The van der Waals surface area contributed by atoms with Gasteiger partial charge in [-0.2, -0.15) is 0 Å². The van der Waals surface area contributed by atoms with Crippen LogP contribution in [0.2, 0.25) is 0 Å². The fourth-order valence-corrected chi connectivity index (χ4v) is 6.79. The van der Waals surface area contributed by atoms with E-state index in [9.17, 15) is 0 Å². The molecule has 216 valence electrons. The van der Waals surface area contributed by atoms with Crippen LogP contribution in [0.3, 0.4) is 0 Å². The van der Waals surface area contributed by atoms with E-state index in [1.165, 1.54) is 32.7 Å². The van der Waals surface area contributed by atoms with Crippen molar-refractivity contribution in [1.29, 1.82) is 0 Å². The number of hydrogen-bond acceptors (Lipinski definition) is 2. The minimum Gasteiger partial charge on any atom is -0.455 e. The molecule has 0 spiro atoms. The van der Waals surface area contributed by atoms with Gasteiger partial charge in [-0.05, 0) is 81.2 Å². The van der Waals surface area contributed by atoms with Crippen LogP contribution in [0.15, 0.2) is 180 Å². The standard InChI is InChI=1S/C44H29NO/c1-2-17-36(18-3-1)45(37-19-10-16-32(27-37)35-25-24-30-12-4-5-13-31(30)26-35)42-23-9-8-20-38(42)39-21-11-22-40-41-28-33-14-6-7-15-34(33)29-43(41)46-44(39)40/h1-29H. The highest BCUT2D eigenvalue weighted by atomic mass is 16.3. The highest BCUT2D eigenvalue weighted by Crippen LogP contribution is 2.45. The Morgan fingerprint density at radius 1 is 0.370 bits per heavy atom. The summed E-state index contributed by atoms with van der Waals surface area (Å²) in [5, 5.41) is 7.13. The van der Waals surface area contributed by atoms with Gasteiger partial charge in [-0.25, -0.2) is 0 Å². The minimum absolute atomic E-state index is 0.901. The van der Waals surface area contributed by atoms with E-state index in [0.717, 1.165) is 50.1 Å². The predicted octanol–water partition coefficient (Wildman–Crippen LogP) is 12.7. The maximum atomic E-state index is 6.69. The van der Waals surface area contributed by atoms with Crippen LogP contribution in [-0.2, 0) is 0 Å². The third-order valence-electron chi connectivity index (χ3n) is 9.00. The molecule has 0 aliphatic heterocycles. The average Bonchev–Trinajstić information content (AvgIpc) is 3.49. The quantitative estimate of drug-likeness (QED) is 0.199. The third kappa shape index (κ3) is 4.43. The summed E-state index contributed by atoms with van der Waals surface area (Å²) in [5.41, 5.74) is 9.62. The van der Waals surface area contributed by atoms with Gasteiger partial charge in [-0.3, -0.25) is 0 Å². The van der Waals surface area contributed by atoms with Crippen LogP contribution in [-0.4, -0.2) is 0 Å². The highest BCUT2D eigenvalue weighted by molar-refractivity contribution is 6.14. The van der Waals surface area contributed by atoms with Crippen molar-refractivity contribution in [3.05, 3.63) is 176 Å². The molecular weight excluding hydrogens is 558 g/mol. The molecule has 46 heavy (non-hydrogen) atoms. The molecule has 0 amide bonds. The average molecular weight is 588 g/mol. The van der Waals surface area contributed by atoms with Gasteiger partial charge in [0.1, 0.15) is 11.2 Å². The van der Waals surface area contributed by atoms with Crippen molar-refractivity contribution in [3.8, 4) is 22.3 Å². The summed E-state index contributed by atoms with van der Waals surface area (Å²) in [6.45, 7) is 0. The van der Waals surface area contributed by atoms with E-state index in [1.807, 2.05) is 0 Å². The predicted molar refractivity (Wildman–Crippen MR) is 194 cm³/mol. The van der Waals surface area contributed by atoms with E-state index in [0.29, 0.717) is 0 Å². The number of furan rings is 1. The molecule has 8 aromatic carbocycles. The first-order chi connectivity index (χ1) is 22.8. The summed E-state index contributed by atoms with van der Waals surface area (Å²) in [6.07, 6.45) is 0. The largest absolute Gasteiger partial charge is 0.455 e. The van der Waals surface area contributed by atoms with Gasteiger partial charge in [-0.15, -0.1) is 0 Å². The molecule has 0 bridgehead atoms. The molecule has 0 radical (unpaired) electrons. The van der Waals surface area contributed by atoms with Gasteiger partial charge >= 0.3 is 0 Å². The Bertz CT molecular complexity index is 2540. The molecule has 0 saturated carbocycles. The lowest BCUT2D eigenvalue weighted by molar-refractivity contribution is 0.670. The first kappa shape index (κ1) is 26.3. The summed E-state index contributed by atoms with van der Waals surface area (Å²) in [4.78, 5) is 2.36. The van der Waals surface area contributed by atoms with Gasteiger partial charge in [0.15, 0.2) is 0 Å². The fourth-order valence-electron chi connectivity index (χ4n) is 6.79. The van der Waals surface area contributed by atoms with Crippen molar-refractivity contribution >= 4 is 60.5 Å². The maximum Gasteiger partial charge on any atom is 0.143 e. The summed E-state index contributed by atoms with van der Waals surface area (Å²) in [5.74, 6) is 0. The molecule has 0 fully saturated rings. The SMILES string of the molecule is c1ccc(N(c2cccc(-c3ccc4ccccc4c3)c2)c2ccccc2-c2cccc3c2oc2cc4ccccc4cc23)cc1. The van der Waals surface area contributed by atoms with Gasteiger partial charge in [-0.1, -0.05) is 127 Å². The Morgan fingerprint density at radius 3 is 1.85 bits per heavy atom. The molecule has 0 N–H and O–H groups in total. The van der Waals surface area contributed by atoms with E-state index in [4.69, 9.17) is 4.42 Å². The maximum absolute atomic E-state index is 6.69. The molecular formula is C44H29NO. The van der Waals surface area contributed by atoms with Crippen LogP contribution < -0.4 is 4.90 Å². The summed E-state index contributed by atoms with van der Waals surface area (Å²) < 4.78 is 6.69. The summed E-state index contributed by atoms with van der Waals surface area (Å²) in [6, 6.07) is 62.7. The second kappa shape index (κ2) is 10.8. The van der Waals surface area contributed by atoms with Gasteiger partial charge in [0, 0.05) is 33.3 Å². The summed E-state index contributed by atoms with van der Waals surface area (Å²) in [7, 11) is 0. The molecule has 9 rings (SSSR count). The second-order valence-electron chi connectivity index (χ2n) is 11.8. The van der Waals surface area contributed by atoms with Crippen molar-refractivity contribution in [3.63, 3.8) is 0 Å². The molecule has 0 atom stereocenters. The van der Waals surface area contributed by atoms with Crippen LogP contribution in [0.25, 0.3) is 65.7 Å². The number of fused-ring (bicyclic) bond motifs is 5. The molecule has 0 aliphatic rings.